The highest BCUT2D eigenvalue weighted by molar-refractivity contribution is 5.96. The van der Waals surface area contributed by atoms with Gasteiger partial charge in [-0.15, -0.1) is 0 Å². The van der Waals surface area contributed by atoms with Crippen LogP contribution in [0.1, 0.15) is 25.7 Å². The summed E-state index contributed by atoms with van der Waals surface area (Å²) >= 11 is 0. The first-order valence-corrected chi connectivity index (χ1v) is 7.85. The Bertz CT molecular complexity index is 560. The van der Waals surface area contributed by atoms with Crippen molar-refractivity contribution in [3.63, 3.8) is 0 Å². The van der Waals surface area contributed by atoms with Gasteiger partial charge >= 0.3 is 0 Å². The summed E-state index contributed by atoms with van der Waals surface area (Å²) in [6.45, 7) is 2.59. The number of nitrogens with one attached hydrogen (secondary N) is 2. The van der Waals surface area contributed by atoms with Gasteiger partial charge in [0.1, 0.15) is 5.75 Å². The van der Waals surface area contributed by atoms with E-state index in [1.54, 1.807) is 0 Å². The largest absolute Gasteiger partial charge is 0.482 e. The quantitative estimate of drug-likeness (QED) is 0.874. The van der Waals surface area contributed by atoms with Crippen LogP contribution < -0.4 is 15.4 Å². The number of carbonyl (C=O) groups excluding carboxylic acids is 1. The van der Waals surface area contributed by atoms with Gasteiger partial charge in [0, 0.05) is 24.3 Å². The molecule has 0 bridgehead atoms. The van der Waals surface area contributed by atoms with Crippen LogP contribution >= 0.6 is 0 Å². The lowest BCUT2D eigenvalue weighted by Gasteiger charge is -2.35. The Morgan fingerprint density at radius 2 is 2.24 bits per heavy atom. The number of piperidine rings is 1. The van der Waals surface area contributed by atoms with E-state index in [9.17, 15) is 4.79 Å². The molecule has 21 heavy (non-hydrogen) atoms. The van der Waals surface area contributed by atoms with Crippen LogP contribution in [0.15, 0.2) is 18.2 Å². The third-order valence-electron chi connectivity index (χ3n) is 4.80. The first kappa shape index (κ1) is 13.0. The van der Waals surface area contributed by atoms with Crippen LogP contribution in [0, 0.1) is 0 Å². The third-order valence-corrected chi connectivity index (χ3v) is 4.80. The number of fused-ring (bicyclic) bond motifs is 2. The molecule has 2 atom stereocenters. The maximum atomic E-state index is 11.4. The summed E-state index contributed by atoms with van der Waals surface area (Å²) in [4.78, 5) is 14.0. The summed E-state index contributed by atoms with van der Waals surface area (Å²) in [5, 5.41) is 6.49. The Labute approximate surface area is 124 Å². The molecule has 3 aliphatic rings. The number of hydrogen-bond donors (Lipinski definition) is 2. The topological polar surface area (TPSA) is 53.6 Å². The molecule has 2 N–H and O–H groups in total. The summed E-state index contributed by atoms with van der Waals surface area (Å²) in [6.07, 6.45) is 5.10. The zero-order valence-corrected chi connectivity index (χ0v) is 12.1. The fraction of sp³-hybridized carbons (Fsp3) is 0.562. The van der Waals surface area contributed by atoms with E-state index in [4.69, 9.17) is 4.74 Å². The molecule has 3 heterocycles. The molecule has 1 amide bonds. The fourth-order valence-electron chi connectivity index (χ4n) is 3.76. The normalized spacial score (nSPS) is 28.3. The SMILES string of the molecule is O=C1COc2ccc(NC3CCN4CCCC4C3)cc2N1. The van der Waals surface area contributed by atoms with E-state index in [-0.39, 0.29) is 12.5 Å². The maximum Gasteiger partial charge on any atom is 0.262 e. The van der Waals surface area contributed by atoms with Crippen LogP contribution in [0.3, 0.4) is 0 Å². The summed E-state index contributed by atoms with van der Waals surface area (Å²) in [6, 6.07) is 7.24. The van der Waals surface area contributed by atoms with Gasteiger partial charge < -0.3 is 20.3 Å². The molecule has 112 valence electrons. The molecule has 0 spiro atoms. The van der Waals surface area contributed by atoms with E-state index >= 15 is 0 Å². The lowest BCUT2D eigenvalue weighted by atomic mass is 9.97. The molecule has 2 unspecified atom stereocenters. The second kappa shape index (κ2) is 5.22. The van der Waals surface area contributed by atoms with Crippen molar-refractivity contribution in [2.24, 2.45) is 0 Å². The minimum Gasteiger partial charge on any atom is -0.482 e. The van der Waals surface area contributed by atoms with Crippen LogP contribution in [0.5, 0.6) is 5.75 Å². The molecule has 1 aromatic carbocycles. The smallest absolute Gasteiger partial charge is 0.262 e. The summed E-state index contributed by atoms with van der Waals surface area (Å²) in [5.41, 5.74) is 1.84. The molecular weight excluding hydrogens is 266 g/mol. The van der Waals surface area contributed by atoms with Crippen molar-refractivity contribution in [1.82, 2.24) is 4.90 Å². The van der Waals surface area contributed by atoms with Gasteiger partial charge in [0.15, 0.2) is 6.61 Å². The van der Waals surface area contributed by atoms with Gasteiger partial charge in [0.25, 0.3) is 5.91 Å². The monoisotopic (exact) mass is 287 g/mol. The first-order valence-electron chi connectivity index (χ1n) is 7.85. The average molecular weight is 287 g/mol. The number of carbonyl (C=O) groups is 1. The van der Waals surface area contributed by atoms with Crippen LogP contribution in [0.2, 0.25) is 0 Å². The van der Waals surface area contributed by atoms with Gasteiger partial charge in [-0.1, -0.05) is 0 Å². The summed E-state index contributed by atoms with van der Waals surface area (Å²) in [7, 11) is 0. The summed E-state index contributed by atoms with van der Waals surface area (Å²) < 4.78 is 5.39. The van der Waals surface area contributed by atoms with Crippen LogP contribution in [-0.2, 0) is 4.79 Å². The van der Waals surface area contributed by atoms with E-state index in [1.165, 1.54) is 38.8 Å². The molecular formula is C16H21N3O2. The molecule has 4 rings (SSSR count). The van der Waals surface area contributed by atoms with Gasteiger partial charge in [-0.3, -0.25) is 4.79 Å². The van der Waals surface area contributed by atoms with Crippen molar-refractivity contribution in [1.29, 1.82) is 0 Å². The number of anilines is 2. The van der Waals surface area contributed by atoms with Crippen molar-refractivity contribution in [2.45, 2.75) is 37.8 Å². The van der Waals surface area contributed by atoms with Gasteiger partial charge in [-0.2, -0.15) is 0 Å². The van der Waals surface area contributed by atoms with Crippen molar-refractivity contribution >= 4 is 17.3 Å². The zero-order valence-electron chi connectivity index (χ0n) is 12.1. The molecule has 5 nitrogen and oxygen atoms in total. The van der Waals surface area contributed by atoms with Gasteiger partial charge in [0.2, 0.25) is 0 Å². The van der Waals surface area contributed by atoms with E-state index in [0.29, 0.717) is 6.04 Å². The Hall–Kier alpha value is -1.75. The van der Waals surface area contributed by atoms with Gasteiger partial charge in [-0.25, -0.2) is 0 Å². The molecule has 0 saturated carbocycles. The lowest BCUT2D eigenvalue weighted by Crippen LogP contribution is -2.42. The Morgan fingerprint density at radius 1 is 1.29 bits per heavy atom. The van der Waals surface area contributed by atoms with Crippen molar-refractivity contribution in [3.8, 4) is 5.75 Å². The molecule has 5 heteroatoms. The molecule has 1 aromatic rings. The molecule has 0 aromatic heterocycles. The maximum absolute atomic E-state index is 11.4. The number of hydrogen-bond acceptors (Lipinski definition) is 4. The van der Waals surface area contributed by atoms with Crippen molar-refractivity contribution in [3.05, 3.63) is 18.2 Å². The Balaban J connectivity index is 1.45. The van der Waals surface area contributed by atoms with Crippen LogP contribution in [0.25, 0.3) is 0 Å². The molecule has 0 aliphatic carbocycles. The average Bonchev–Trinajstić information content (AvgIpc) is 2.94. The Kier molecular flexibility index (Phi) is 3.22. The van der Waals surface area contributed by atoms with E-state index < -0.39 is 0 Å². The number of ether oxygens (including phenoxy) is 1. The van der Waals surface area contributed by atoms with E-state index in [2.05, 4.69) is 15.5 Å². The van der Waals surface area contributed by atoms with E-state index in [0.717, 1.165) is 23.2 Å². The zero-order chi connectivity index (χ0) is 14.2. The number of benzene rings is 1. The van der Waals surface area contributed by atoms with Crippen LogP contribution in [-0.4, -0.2) is 42.6 Å². The number of amides is 1. The van der Waals surface area contributed by atoms with Crippen molar-refractivity contribution < 1.29 is 9.53 Å². The lowest BCUT2D eigenvalue weighted by molar-refractivity contribution is -0.118. The first-order chi connectivity index (χ1) is 10.3. The van der Waals surface area contributed by atoms with Crippen molar-refractivity contribution in [2.75, 3.05) is 30.3 Å². The minimum atomic E-state index is -0.0843. The Morgan fingerprint density at radius 3 is 3.19 bits per heavy atom. The summed E-state index contributed by atoms with van der Waals surface area (Å²) in [5.74, 6) is 0.671. The molecule has 0 radical (unpaired) electrons. The second-order valence-corrected chi connectivity index (χ2v) is 6.25. The van der Waals surface area contributed by atoms with Gasteiger partial charge in [0.05, 0.1) is 5.69 Å². The van der Waals surface area contributed by atoms with E-state index in [1.807, 2.05) is 18.2 Å². The predicted octanol–water partition coefficient (Wildman–Crippen LogP) is 2.06. The third kappa shape index (κ3) is 2.58. The fourth-order valence-corrected chi connectivity index (χ4v) is 3.76. The molecule has 3 aliphatic heterocycles. The highest BCUT2D eigenvalue weighted by Gasteiger charge is 2.31. The highest BCUT2D eigenvalue weighted by Crippen LogP contribution is 2.32. The van der Waals surface area contributed by atoms with Crippen LogP contribution in [0.4, 0.5) is 11.4 Å². The van der Waals surface area contributed by atoms with Gasteiger partial charge in [-0.05, 0) is 50.4 Å². The standard InChI is InChI=1S/C16H21N3O2/c20-16-10-21-15-4-3-11(9-14(15)18-16)17-12-5-7-19-6-1-2-13(19)8-12/h3-4,9,12-13,17H,1-2,5-8,10H2,(H,18,20). The predicted molar refractivity (Wildman–Crippen MR) is 81.8 cm³/mol. The molecule has 2 saturated heterocycles. The minimum absolute atomic E-state index is 0.0843. The molecule has 2 fully saturated rings. The number of rotatable bonds is 2. The number of nitrogens with zero attached hydrogens (tertiary/aromatic N) is 1. The highest BCUT2D eigenvalue weighted by atomic mass is 16.5. The second-order valence-electron chi connectivity index (χ2n) is 6.25.